The number of carbonyl (C=O) groups is 2. The molecule has 2 aromatic rings. The number of nitrogens with zero attached hydrogens (tertiary/aromatic N) is 3. The second-order valence-electron chi connectivity index (χ2n) is 5.67. The highest BCUT2D eigenvalue weighted by Crippen LogP contribution is 2.24. The van der Waals surface area contributed by atoms with E-state index in [2.05, 4.69) is 14.8 Å². The maximum Gasteiger partial charge on any atom is 0.337 e. The molecular weight excluding hydrogens is 396 g/mol. The Bertz CT molecular complexity index is 1070. The van der Waals surface area contributed by atoms with Crippen LogP contribution in [0.4, 0.5) is 11.5 Å². The molecule has 1 aliphatic heterocycles. The number of aromatic carboxylic acids is 1. The zero-order chi connectivity index (χ0) is 19.8. The largest absolute Gasteiger partial charge is 0.478 e. The number of hydrazone groups is 1. The fourth-order valence-electron chi connectivity index (χ4n) is 2.42. The molecular formula is C16H13ClN4O5S. The first-order valence-corrected chi connectivity index (χ1v) is 9.42. The van der Waals surface area contributed by atoms with Crippen molar-refractivity contribution in [2.45, 2.75) is 18.2 Å². The number of nitrogens with one attached hydrogen (secondary N) is 1. The highest BCUT2D eigenvalue weighted by molar-refractivity contribution is 7.92. The average Bonchev–Trinajstić information content (AvgIpc) is 2.93. The van der Waals surface area contributed by atoms with E-state index in [1.165, 1.54) is 24.4 Å². The average molecular weight is 409 g/mol. The Morgan fingerprint density at radius 1 is 1.30 bits per heavy atom. The molecule has 0 spiro atoms. The summed E-state index contributed by atoms with van der Waals surface area (Å²) < 4.78 is 27.3. The molecule has 0 atom stereocenters. The lowest BCUT2D eigenvalue weighted by Crippen LogP contribution is -2.21. The summed E-state index contributed by atoms with van der Waals surface area (Å²) in [7, 11) is -4.19. The number of benzene rings is 1. The van der Waals surface area contributed by atoms with Gasteiger partial charge < -0.3 is 5.11 Å². The van der Waals surface area contributed by atoms with Crippen LogP contribution in [-0.4, -0.2) is 36.1 Å². The van der Waals surface area contributed by atoms with E-state index in [0.717, 1.165) is 17.1 Å². The van der Waals surface area contributed by atoms with Gasteiger partial charge in [-0.15, -0.1) is 0 Å². The van der Waals surface area contributed by atoms with E-state index < -0.39 is 26.5 Å². The Labute approximate surface area is 159 Å². The SMILES string of the molecule is CC1=NN(c2ccc(NS(=O)(=O)c3ccc(Cl)cc3C(=O)O)cn2)C(=O)C1. The van der Waals surface area contributed by atoms with E-state index in [4.69, 9.17) is 11.6 Å². The third-order valence-corrected chi connectivity index (χ3v) is 5.27. The molecule has 3 rings (SSSR count). The Kier molecular flexibility index (Phi) is 4.85. The number of amides is 1. The molecule has 0 saturated carbocycles. The van der Waals surface area contributed by atoms with Gasteiger partial charge >= 0.3 is 5.97 Å². The second kappa shape index (κ2) is 6.97. The fourth-order valence-corrected chi connectivity index (χ4v) is 3.82. The maximum atomic E-state index is 12.5. The summed E-state index contributed by atoms with van der Waals surface area (Å²) in [5, 5.41) is 14.5. The number of hydrogen-bond donors (Lipinski definition) is 2. The van der Waals surface area contributed by atoms with Gasteiger partial charge in [0.05, 0.1) is 23.9 Å². The van der Waals surface area contributed by atoms with Crippen molar-refractivity contribution in [1.82, 2.24) is 4.98 Å². The summed E-state index contributed by atoms with van der Waals surface area (Å²) in [6.07, 6.45) is 1.41. The lowest BCUT2D eigenvalue weighted by Gasteiger charge is -2.13. The molecule has 1 aromatic heterocycles. The monoisotopic (exact) mass is 408 g/mol. The number of pyridine rings is 1. The number of carbonyl (C=O) groups excluding carboxylic acids is 1. The van der Waals surface area contributed by atoms with Crippen LogP contribution in [-0.2, 0) is 14.8 Å². The Morgan fingerprint density at radius 2 is 2.04 bits per heavy atom. The van der Waals surface area contributed by atoms with E-state index in [1.807, 2.05) is 0 Å². The molecule has 2 N–H and O–H groups in total. The lowest BCUT2D eigenvalue weighted by atomic mass is 10.2. The number of carboxylic acid groups (broad SMARTS) is 1. The van der Waals surface area contributed by atoms with Gasteiger partial charge in [0, 0.05) is 10.7 Å². The van der Waals surface area contributed by atoms with Gasteiger partial charge in [-0.25, -0.2) is 18.2 Å². The first-order chi connectivity index (χ1) is 12.7. The predicted molar refractivity (Wildman–Crippen MR) is 98.7 cm³/mol. The molecule has 0 unspecified atom stereocenters. The minimum Gasteiger partial charge on any atom is -0.478 e. The lowest BCUT2D eigenvalue weighted by molar-refractivity contribution is -0.116. The summed E-state index contributed by atoms with van der Waals surface area (Å²) in [5.41, 5.74) is 0.292. The molecule has 9 nitrogen and oxygen atoms in total. The van der Waals surface area contributed by atoms with Gasteiger partial charge in [-0.3, -0.25) is 9.52 Å². The zero-order valence-corrected chi connectivity index (χ0v) is 15.5. The van der Waals surface area contributed by atoms with Crippen molar-refractivity contribution in [3.63, 3.8) is 0 Å². The molecule has 0 radical (unpaired) electrons. The Morgan fingerprint density at radius 3 is 2.59 bits per heavy atom. The van der Waals surface area contributed by atoms with Crippen LogP contribution in [0.5, 0.6) is 0 Å². The summed E-state index contributed by atoms with van der Waals surface area (Å²) >= 11 is 5.74. The van der Waals surface area contributed by atoms with E-state index in [-0.39, 0.29) is 28.9 Å². The normalized spacial score (nSPS) is 14.2. The van der Waals surface area contributed by atoms with Gasteiger partial charge in [0.15, 0.2) is 5.82 Å². The third kappa shape index (κ3) is 3.91. The molecule has 0 aliphatic carbocycles. The van der Waals surface area contributed by atoms with Crippen LogP contribution < -0.4 is 9.73 Å². The third-order valence-electron chi connectivity index (χ3n) is 3.59. The quantitative estimate of drug-likeness (QED) is 0.781. The molecule has 2 heterocycles. The molecule has 140 valence electrons. The van der Waals surface area contributed by atoms with Crippen LogP contribution in [0.2, 0.25) is 5.02 Å². The van der Waals surface area contributed by atoms with Gasteiger partial charge in [0.1, 0.15) is 4.90 Å². The second-order valence-corrected chi connectivity index (χ2v) is 7.76. The summed E-state index contributed by atoms with van der Waals surface area (Å²) in [6.45, 7) is 1.71. The fraction of sp³-hybridized carbons (Fsp3) is 0.125. The van der Waals surface area contributed by atoms with Crippen molar-refractivity contribution < 1.29 is 23.1 Å². The Balaban J connectivity index is 1.87. The van der Waals surface area contributed by atoms with E-state index in [9.17, 15) is 23.1 Å². The highest BCUT2D eigenvalue weighted by atomic mass is 35.5. The van der Waals surface area contributed by atoms with E-state index in [0.29, 0.717) is 5.71 Å². The first kappa shape index (κ1) is 18.8. The number of sulfonamides is 1. The van der Waals surface area contributed by atoms with Crippen molar-refractivity contribution in [1.29, 1.82) is 0 Å². The molecule has 1 aliphatic rings. The molecule has 0 bridgehead atoms. The topological polar surface area (TPSA) is 129 Å². The predicted octanol–water partition coefficient (Wildman–Crippen LogP) is 2.35. The first-order valence-electron chi connectivity index (χ1n) is 7.56. The maximum absolute atomic E-state index is 12.5. The standard InChI is InChI=1S/C16H13ClN4O5S/c1-9-6-15(22)21(19-9)14-5-3-11(8-18-14)20-27(25,26)13-4-2-10(17)7-12(13)16(23)24/h2-5,7-8,20H,6H2,1H3,(H,23,24). The van der Waals surface area contributed by atoms with Crippen LogP contribution in [0.1, 0.15) is 23.7 Å². The number of halogens is 1. The summed E-state index contributed by atoms with van der Waals surface area (Å²) in [5.74, 6) is -1.41. The van der Waals surface area contributed by atoms with Gasteiger partial charge in [-0.05, 0) is 37.3 Å². The minimum atomic E-state index is -4.19. The zero-order valence-electron chi connectivity index (χ0n) is 13.9. The molecule has 11 heteroatoms. The van der Waals surface area contributed by atoms with Crippen LogP contribution >= 0.6 is 11.6 Å². The van der Waals surface area contributed by atoms with Crippen molar-refractivity contribution in [3.05, 3.63) is 47.1 Å². The molecule has 1 amide bonds. The number of hydrogen-bond acceptors (Lipinski definition) is 6. The van der Waals surface area contributed by atoms with E-state index in [1.54, 1.807) is 6.92 Å². The van der Waals surface area contributed by atoms with Crippen LogP contribution in [0.15, 0.2) is 46.5 Å². The minimum absolute atomic E-state index is 0.0948. The van der Waals surface area contributed by atoms with Crippen molar-refractivity contribution in [2.24, 2.45) is 5.10 Å². The van der Waals surface area contributed by atoms with Gasteiger partial charge in [0.2, 0.25) is 0 Å². The molecule has 0 saturated heterocycles. The number of anilines is 2. The number of aromatic nitrogens is 1. The number of carboxylic acids is 1. The highest BCUT2D eigenvalue weighted by Gasteiger charge is 2.25. The van der Waals surface area contributed by atoms with Crippen molar-refractivity contribution >= 4 is 50.7 Å². The van der Waals surface area contributed by atoms with Gasteiger partial charge in [0.25, 0.3) is 15.9 Å². The molecule has 27 heavy (non-hydrogen) atoms. The van der Waals surface area contributed by atoms with Crippen LogP contribution in [0.3, 0.4) is 0 Å². The summed E-state index contributed by atoms with van der Waals surface area (Å²) in [4.78, 5) is 26.7. The van der Waals surface area contributed by atoms with Crippen molar-refractivity contribution in [2.75, 3.05) is 9.73 Å². The van der Waals surface area contributed by atoms with E-state index >= 15 is 0 Å². The molecule has 0 fully saturated rings. The van der Waals surface area contributed by atoms with Crippen LogP contribution in [0, 0.1) is 0 Å². The van der Waals surface area contributed by atoms with Gasteiger partial charge in [-0.2, -0.15) is 10.1 Å². The van der Waals surface area contributed by atoms with Gasteiger partial charge in [-0.1, -0.05) is 11.6 Å². The molecule has 1 aromatic carbocycles. The van der Waals surface area contributed by atoms with Crippen LogP contribution in [0.25, 0.3) is 0 Å². The smallest absolute Gasteiger partial charge is 0.337 e. The van der Waals surface area contributed by atoms with Crippen molar-refractivity contribution in [3.8, 4) is 0 Å². The summed E-state index contributed by atoms with van der Waals surface area (Å²) in [6, 6.07) is 6.27. The number of rotatable bonds is 5. The Hall–Kier alpha value is -2.98.